The molecule has 0 spiro atoms. The first-order chi connectivity index (χ1) is 9.80. The standard InChI is InChI=1S/C12H7Cl4O4P.Li/c13-7-3-1-4-8(14)11(7)19-21(17,18)20-12-9(15)5-2-6-10(12)16;/h1-6H,(H,17,18);/q;+1/p-1. The van der Waals surface area contributed by atoms with Crippen LogP contribution >= 0.6 is 54.2 Å². The van der Waals surface area contributed by atoms with E-state index < -0.39 is 7.82 Å². The Balaban J connectivity index is 0.00000242. The summed E-state index contributed by atoms with van der Waals surface area (Å²) < 4.78 is 21.5. The molecular weight excluding hydrogens is 388 g/mol. The van der Waals surface area contributed by atoms with Crippen molar-refractivity contribution in [2.75, 3.05) is 0 Å². The van der Waals surface area contributed by atoms with E-state index in [1.54, 1.807) is 12.1 Å². The summed E-state index contributed by atoms with van der Waals surface area (Å²) in [5.74, 6) is -0.468. The first-order valence-corrected chi connectivity index (χ1v) is 8.35. The third-order valence-electron chi connectivity index (χ3n) is 2.24. The van der Waals surface area contributed by atoms with Crippen LogP contribution in [0.5, 0.6) is 11.5 Å². The van der Waals surface area contributed by atoms with Crippen LogP contribution in [0.25, 0.3) is 0 Å². The fourth-order valence-electron chi connectivity index (χ4n) is 1.38. The number of rotatable bonds is 4. The fourth-order valence-corrected chi connectivity index (χ4v) is 3.42. The third kappa shape index (κ3) is 4.99. The second-order valence-corrected chi connectivity index (χ2v) is 6.62. The van der Waals surface area contributed by atoms with Crippen molar-refractivity contribution in [2.24, 2.45) is 0 Å². The zero-order valence-electron chi connectivity index (χ0n) is 11.1. The molecule has 10 heteroatoms. The van der Waals surface area contributed by atoms with Crippen molar-refractivity contribution in [3.63, 3.8) is 0 Å². The van der Waals surface area contributed by atoms with Gasteiger partial charge in [-0.05, 0) is 24.3 Å². The smallest absolute Gasteiger partial charge is 0.736 e. The SMILES string of the molecule is O=P([O-])(Oc1c(Cl)cccc1Cl)Oc1c(Cl)cccc1Cl.[Li+]. The molecular formula is C12H6Cl4LiO4P. The largest absolute Gasteiger partial charge is 1.00 e. The van der Waals surface area contributed by atoms with Gasteiger partial charge in [-0.25, -0.2) is 4.57 Å². The molecule has 22 heavy (non-hydrogen) atoms. The van der Waals surface area contributed by atoms with Gasteiger partial charge in [-0.3, -0.25) is 0 Å². The molecule has 0 bridgehead atoms. The molecule has 0 atom stereocenters. The van der Waals surface area contributed by atoms with Gasteiger partial charge in [0.15, 0.2) is 11.5 Å². The van der Waals surface area contributed by atoms with Gasteiger partial charge in [-0.1, -0.05) is 58.5 Å². The number of phosphoric acid groups is 1. The summed E-state index contributed by atoms with van der Waals surface area (Å²) >= 11 is 23.3. The van der Waals surface area contributed by atoms with E-state index >= 15 is 0 Å². The summed E-state index contributed by atoms with van der Waals surface area (Å²) in [7, 11) is -4.83. The Morgan fingerprint density at radius 1 is 0.773 bits per heavy atom. The van der Waals surface area contributed by atoms with Crippen LogP contribution in [0.15, 0.2) is 36.4 Å². The Bertz CT molecular complexity index is 630. The van der Waals surface area contributed by atoms with Crippen molar-refractivity contribution < 1.29 is 37.4 Å². The predicted octanol–water partition coefficient (Wildman–Crippen LogP) is 2.23. The van der Waals surface area contributed by atoms with Gasteiger partial charge in [0.05, 0.1) is 20.1 Å². The van der Waals surface area contributed by atoms with Crippen molar-refractivity contribution >= 4 is 54.2 Å². The Hall–Kier alpha value is -0.0126. The Kier molecular flexibility index (Phi) is 7.46. The van der Waals surface area contributed by atoms with Crippen LogP contribution in [-0.4, -0.2) is 0 Å². The zero-order chi connectivity index (χ0) is 15.6. The van der Waals surface area contributed by atoms with Crippen molar-refractivity contribution in [2.45, 2.75) is 0 Å². The molecule has 2 rings (SSSR count). The number of phosphoric ester groups is 1. The van der Waals surface area contributed by atoms with Crippen molar-refractivity contribution in [1.82, 2.24) is 0 Å². The molecule has 0 aliphatic carbocycles. The van der Waals surface area contributed by atoms with Crippen molar-refractivity contribution in [3.05, 3.63) is 56.5 Å². The summed E-state index contributed by atoms with van der Waals surface area (Å²) in [6, 6.07) is 8.77. The van der Waals surface area contributed by atoms with E-state index in [0.717, 1.165) is 0 Å². The Morgan fingerprint density at radius 2 is 1.05 bits per heavy atom. The summed E-state index contributed by atoms with van der Waals surface area (Å²) in [5, 5.41) is 0.0831. The maximum Gasteiger partial charge on any atom is 1.00 e. The minimum absolute atomic E-state index is 0. The number of benzene rings is 2. The van der Waals surface area contributed by atoms with Gasteiger partial charge in [0.25, 0.3) is 0 Å². The number of hydrogen-bond acceptors (Lipinski definition) is 4. The van der Waals surface area contributed by atoms with E-state index in [1.165, 1.54) is 24.3 Å². The maximum atomic E-state index is 11.9. The van der Waals surface area contributed by atoms with Gasteiger partial charge in [-0.15, -0.1) is 0 Å². The van der Waals surface area contributed by atoms with Crippen LogP contribution in [0.1, 0.15) is 0 Å². The van der Waals surface area contributed by atoms with E-state index in [9.17, 15) is 9.46 Å². The molecule has 0 aliphatic rings. The van der Waals surface area contributed by atoms with Crippen molar-refractivity contribution in [1.29, 1.82) is 0 Å². The third-order valence-corrected chi connectivity index (χ3v) is 4.25. The van der Waals surface area contributed by atoms with Crippen LogP contribution in [0, 0.1) is 0 Å². The van der Waals surface area contributed by atoms with E-state index in [2.05, 4.69) is 0 Å². The van der Waals surface area contributed by atoms with E-state index in [1.807, 2.05) is 0 Å². The van der Waals surface area contributed by atoms with Gasteiger partial charge in [0.1, 0.15) is 0 Å². The maximum absolute atomic E-state index is 11.9. The monoisotopic (exact) mass is 392 g/mol. The molecule has 2 aromatic rings. The molecule has 0 saturated carbocycles. The topological polar surface area (TPSA) is 58.6 Å². The van der Waals surface area contributed by atoms with Crippen LogP contribution in [0.3, 0.4) is 0 Å². The number of halogens is 4. The average molecular weight is 394 g/mol. The quantitative estimate of drug-likeness (QED) is 0.590. The summed E-state index contributed by atoms with van der Waals surface area (Å²) in [6.45, 7) is 0. The molecule has 0 aliphatic heterocycles. The molecule has 0 saturated heterocycles. The molecule has 0 radical (unpaired) electrons. The number of hydrogen-bond donors (Lipinski definition) is 0. The van der Waals surface area contributed by atoms with Gasteiger partial charge in [0, 0.05) is 0 Å². The van der Waals surface area contributed by atoms with Crippen molar-refractivity contribution in [3.8, 4) is 11.5 Å². The fraction of sp³-hybridized carbons (Fsp3) is 0. The van der Waals surface area contributed by atoms with Crippen LogP contribution in [-0.2, 0) is 4.57 Å². The molecule has 0 unspecified atom stereocenters. The summed E-state index contributed by atoms with van der Waals surface area (Å²) in [6.07, 6.45) is 0. The Morgan fingerprint density at radius 3 is 1.32 bits per heavy atom. The van der Waals surface area contributed by atoms with Crippen LogP contribution in [0.2, 0.25) is 20.1 Å². The minimum atomic E-state index is -4.83. The van der Waals surface area contributed by atoms with E-state index in [0.29, 0.717) is 0 Å². The molecule has 112 valence electrons. The molecule has 0 fully saturated rings. The molecule has 4 nitrogen and oxygen atoms in total. The van der Waals surface area contributed by atoms with Gasteiger partial charge >= 0.3 is 26.7 Å². The number of para-hydroxylation sites is 2. The van der Waals surface area contributed by atoms with Gasteiger partial charge < -0.3 is 13.9 Å². The first kappa shape index (κ1) is 20.0. The van der Waals surface area contributed by atoms with Gasteiger partial charge in [-0.2, -0.15) is 0 Å². The van der Waals surface area contributed by atoms with E-state index in [-0.39, 0.29) is 50.5 Å². The molecule has 0 aromatic heterocycles. The van der Waals surface area contributed by atoms with E-state index in [4.69, 9.17) is 55.5 Å². The zero-order valence-corrected chi connectivity index (χ0v) is 15.0. The first-order valence-electron chi connectivity index (χ1n) is 5.38. The van der Waals surface area contributed by atoms with Crippen LogP contribution in [0.4, 0.5) is 0 Å². The summed E-state index contributed by atoms with van der Waals surface area (Å²) in [4.78, 5) is 11.9. The molecule has 0 N–H and O–H groups in total. The molecule has 2 aromatic carbocycles. The molecule has 0 amide bonds. The second kappa shape index (κ2) is 8.19. The average Bonchev–Trinajstić information content (AvgIpc) is 2.39. The molecule has 0 heterocycles. The van der Waals surface area contributed by atoms with Crippen LogP contribution < -0.4 is 32.8 Å². The normalized spacial score (nSPS) is 10.8. The predicted molar refractivity (Wildman–Crippen MR) is 81.8 cm³/mol. The van der Waals surface area contributed by atoms with Gasteiger partial charge in [0.2, 0.25) is 0 Å². The second-order valence-electron chi connectivity index (χ2n) is 3.73. The minimum Gasteiger partial charge on any atom is -0.736 e. The Labute approximate surface area is 159 Å². The summed E-state index contributed by atoms with van der Waals surface area (Å²) in [5.41, 5.74) is 0.